The first-order valence-electron chi connectivity index (χ1n) is 26.2. The molecule has 0 aliphatic carbocycles. The number of nitrogens with zero attached hydrogens (tertiary/aromatic N) is 3. The van der Waals surface area contributed by atoms with Gasteiger partial charge in [-0.2, -0.15) is 5.10 Å². The minimum atomic E-state index is -0.0000136. The van der Waals surface area contributed by atoms with Gasteiger partial charge in [-0.15, -0.1) is 0 Å². The summed E-state index contributed by atoms with van der Waals surface area (Å²) in [4.78, 5) is 25.5. The molecule has 0 amide bonds. The van der Waals surface area contributed by atoms with Gasteiger partial charge in [0.25, 0.3) is 0 Å². The lowest BCUT2D eigenvalue weighted by atomic mass is 10.0. The third-order valence-electron chi connectivity index (χ3n) is 12.0. The summed E-state index contributed by atoms with van der Waals surface area (Å²) < 4.78 is 16.7. The molecule has 0 aliphatic heterocycles. The second kappa shape index (κ2) is 48.0. The number of aldehydes is 1. The van der Waals surface area contributed by atoms with E-state index in [0.717, 1.165) is 76.0 Å². The van der Waals surface area contributed by atoms with E-state index in [1.165, 1.54) is 173 Å². The van der Waals surface area contributed by atoms with E-state index < -0.39 is 0 Å². The average molecular weight is 879 g/mol. The predicted octanol–water partition coefficient (Wildman–Crippen LogP) is 15.2. The molecule has 360 valence electrons. The van der Waals surface area contributed by atoms with Gasteiger partial charge in [-0.1, -0.05) is 175 Å². The Morgan fingerprint density at radius 3 is 1.59 bits per heavy atom. The molecule has 0 bridgehead atoms. The maximum absolute atomic E-state index is 12.3. The Morgan fingerprint density at radius 1 is 0.656 bits per heavy atom. The average Bonchev–Trinajstić information content (AvgIpc) is 3.69. The predicted molar refractivity (Wildman–Crippen MR) is 265 cm³/mol. The van der Waals surface area contributed by atoms with E-state index >= 15 is 0 Å². The maximum atomic E-state index is 12.3. The van der Waals surface area contributed by atoms with Crippen LogP contribution in [0.3, 0.4) is 0 Å². The van der Waals surface area contributed by atoms with Gasteiger partial charge in [0, 0.05) is 39.7 Å². The summed E-state index contributed by atoms with van der Waals surface area (Å²) in [6.45, 7) is 13.3. The van der Waals surface area contributed by atoms with Crippen molar-refractivity contribution in [2.45, 2.75) is 270 Å². The lowest BCUT2D eigenvalue weighted by Gasteiger charge is -2.22. The standard InChI is InChI=1S/C34H64N4O3S.C18H38O/c1-4-6-7-8-12-17-23-32(5-2)41-34(40)24-18-13-11-15-20-28-38(27-19-14-9-10-16-21-31-39)29-22-26-35-42-33-25-30-37(3)36-33;1-4-6-8-10-12-14-16-18(19-3)17-15-13-11-9-7-5-2/h25,30-32,35H,4-24,26-29H2,1-3H3;18H,4-17H2,1-3H3. The van der Waals surface area contributed by atoms with Crippen LogP contribution in [0.2, 0.25) is 0 Å². The molecule has 61 heavy (non-hydrogen) atoms. The van der Waals surface area contributed by atoms with Crippen LogP contribution in [0.4, 0.5) is 0 Å². The Labute approximate surface area is 383 Å². The van der Waals surface area contributed by atoms with E-state index in [1.807, 2.05) is 31.1 Å². The zero-order chi connectivity index (χ0) is 44.7. The SMILES string of the molecule is CCCCCCCCC(CC)OC(=O)CCCCCCCN(CCCCCCCC=O)CCCNSc1ccn(C)n1.CCCCCCCCC(CCCCCCCC)OC. The fourth-order valence-electron chi connectivity index (χ4n) is 7.94. The summed E-state index contributed by atoms with van der Waals surface area (Å²) in [7, 11) is 3.83. The van der Waals surface area contributed by atoms with Crippen molar-refractivity contribution in [2.75, 3.05) is 33.3 Å². The number of carbonyl (C=O) groups is 2. The highest BCUT2D eigenvalue weighted by atomic mass is 32.2. The summed E-state index contributed by atoms with van der Waals surface area (Å²) in [5.41, 5.74) is 0. The van der Waals surface area contributed by atoms with Crippen molar-refractivity contribution in [1.82, 2.24) is 19.4 Å². The number of rotatable bonds is 46. The monoisotopic (exact) mass is 879 g/mol. The van der Waals surface area contributed by atoms with Crippen LogP contribution in [0.1, 0.15) is 252 Å². The normalized spacial score (nSPS) is 11.9. The van der Waals surface area contributed by atoms with Crippen molar-refractivity contribution in [3.8, 4) is 0 Å². The Balaban J connectivity index is 0.00000158. The van der Waals surface area contributed by atoms with Crippen LogP contribution in [0.15, 0.2) is 17.3 Å². The molecule has 1 aromatic heterocycles. The van der Waals surface area contributed by atoms with Crippen LogP contribution in [-0.4, -0.2) is 72.4 Å². The highest BCUT2D eigenvalue weighted by molar-refractivity contribution is 7.97. The van der Waals surface area contributed by atoms with Gasteiger partial charge in [-0.05, 0) is 102 Å². The maximum Gasteiger partial charge on any atom is 0.306 e. The third-order valence-corrected chi connectivity index (χ3v) is 12.8. The molecule has 9 heteroatoms. The second-order valence-corrected chi connectivity index (χ2v) is 18.7. The first-order chi connectivity index (χ1) is 29.9. The zero-order valence-electron chi connectivity index (χ0n) is 41.3. The van der Waals surface area contributed by atoms with Crippen LogP contribution in [0.5, 0.6) is 0 Å². The molecule has 0 saturated heterocycles. The minimum Gasteiger partial charge on any atom is -0.462 e. The molecule has 1 rings (SSSR count). The number of carbonyl (C=O) groups excluding carboxylic acids is 2. The fraction of sp³-hybridized carbons (Fsp3) is 0.904. The number of unbranched alkanes of at least 4 members (excludes halogenated alkanes) is 24. The van der Waals surface area contributed by atoms with E-state index in [4.69, 9.17) is 9.47 Å². The van der Waals surface area contributed by atoms with Crippen molar-refractivity contribution in [3.63, 3.8) is 0 Å². The first-order valence-corrected chi connectivity index (χ1v) is 27.0. The van der Waals surface area contributed by atoms with Gasteiger partial charge in [0.15, 0.2) is 0 Å². The van der Waals surface area contributed by atoms with Crippen LogP contribution < -0.4 is 4.72 Å². The number of aromatic nitrogens is 2. The van der Waals surface area contributed by atoms with Gasteiger partial charge in [0.1, 0.15) is 17.4 Å². The van der Waals surface area contributed by atoms with Crippen molar-refractivity contribution >= 4 is 24.2 Å². The summed E-state index contributed by atoms with van der Waals surface area (Å²) in [5.74, 6) is -0.0000136. The molecule has 1 aromatic rings. The Kier molecular flexibility index (Phi) is 46.9. The Hall–Kier alpha value is -1.42. The number of hydrogen-bond donors (Lipinski definition) is 1. The smallest absolute Gasteiger partial charge is 0.306 e. The van der Waals surface area contributed by atoms with Gasteiger partial charge in [-0.25, -0.2) is 0 Å². The largest absolute Gasteiger partial charge is 0.462 e. The summed E-state index contributed by atoms with van der Waals surface area (Å²) in [6.07, 6.45) is 46.5. The second-order valence-electron chi connectivity index (χ2n) is 17.8. The molecular weight excluding hydrogens is 777 g/mol. The molecule has 0 spiro atoms. The van der Waals surface area contributed by atoms with E-state index in [9.17, 15) is 9.59 Å². The summed E-state index contributed by atoms with van der Waals surface area (Å²) in [6, 6.07) is 2.03. The highest BCUT2D eigenvalue weighted by Gasteiger charge is 2.13. The lowest BCUT2D eigenvalue weighted by Crippen LogP contribution is -2.29. The molecule has 0 aliphatic rings. The fourth-order valence-corrected chi connectivity index (χ4v) is 8.63. The number of ether oxygens (including phenoxy) is 2. The molecular formula is C52H102N4O4S. The number of methoxy groups -OCH3 is 1. The molecule has 1 unspecified atom stereocenters. The molecule has 1 atom stereocenters. The third kappa shape index (κ3) is 42.3. The molecule has 0 radical (unpaired) electrons. The van der Waals surface area contributed by atoms with E-state index in [0.29, 0.717) is 18.9 Å². The van der Waals surface area contributed by atoms with Crippen LogP contribution in [-0.2, 0) is 26.1 Å². The van der Waals surface area contributed by atoms with Crippen LogP contribution in [0, 0.1) is 0 Å². The van der Waals surface area contributed by atoms with Gasteiger partial charge >= 0.3 is 5.97 Å². The topological polar surface area (TPSA) is 85.7 Å². The summed E-state index contributed by atoms with van der Waals surface area (Å²) in [5, 5.41) is 5.41. The van der Waals surface area contributed by atoms with Gasteiger partial charge in [-0.3, -0.25) is 14.2 Å². The van der Waals surface area contributed by atoms with Crippen LogP contribution >= 0.6 is 11.9 Å². The Morgan fingerprint density at radius 2 is 1.11 bits per heavy atom. The zero-order valence-corrected chi connectivity index (χ0v) is 42.2. The molecule has 0 saturated carbocycles. The summed E-state index contributed by atoms with van der Waals surface area (Å²) >= 11 is 1.61. The minimum absolute atomic E-state index is 0.0000136. The Bertz CT molecular complexity index is 1030. The first kappa shape index (κ1) is 59.6. The molecule has 8 nitrogen and oxygen atoms in total. The van der Waals surface area contributed by atoms with E-state index in [1.54, 1.807) is 11.9 Å². The number of nitrogens with one attached hydrogen (secondary N) is 1. The van der Waals surface area contributed by atoms with Gasteiger partial charge < -0.3 is 19.2 Å². The number of esters is 1. The number of hydrogen-bond acceptors (Lipinski definition) is 8. The molecule has 0 fully saturated rings. The molecule has 1 N–H and O–H groups in total. The molecule has 0 aromatic carbocycles. The van der Waals surface area contributed by atoms with Crippen molar-refractivity contribution in [2.24, 2.45) is 7.05 Å². The lowest BCUT2D eigenvalue weighted by molar-refractivity contribution is -0.149. The van der Waals surface area contributed by atoms with Crippen molar-refractivity contribution in [3.05, 3.63) is 12.3 Å². The number of aryl methyl sites for hydroxylation is 1. The van der Waals surface area contributed by atoms with Crippen LogP contribution in [0.25, 0.3) is 0 Å². The molecule has 1 heterocycles. The quantitative estimate of drug-likeness (QED) is 0.0300. The van der Waals surface area contributed by atoms with Crippen molar-refractivity contribution < 1.29 is 19.1 Å². The van der Waals surface area contributed by atoms with Crippen molar-refractivity contribution in [1.29, 1.82) is 0 Å². The van der Waals surface area contributed by atoms with E-state index in [2.05, 4.69) is 42.4 Å². The van der Waals surface area contributed by atoms with Gasteiger partial charge in [0.05, 0.1) is 6.10 Å². The van der Waals surface area contributed by atoms with Gasteiger partial charge in [0.2, 0.25) is 0 Å². The highest BCUT2D eigenvalue weighted by Crippen LogP contribution is 2.18. The van der Waals surface area contributed by atoms with E-state index in [-0.39, 0.29) is 12.1 Å².